The topological polar surface area (TPSA) is 70.1 Å². The Kier molecular flexibility index (Phi) is 5.92. The normalized spacial score (nSPS) is 17.3. The Labute approximate surface area is 193 Å². The average molecular weight is 443 g/mol. The molecule has 1 aliphatic heterocycles. The molecule has 1 unspecified atom stereocenters. The summed E-state index contributed by atoms with van der Waals surface area (Å²) in [5, 5.41) is 11.2. The number of aliphatic hydroxyl groups is 1. The van der Waals surface area contributed by atoms with Crippen molar-refractivity contribution < 1.29 is 19.4 Å². The fourth-order valence-electron chi connectivity index (χ4n) is 3.98. The van der Waals surface area contributed by atoms with Crippen molar-refractivity contribution in [2.75, 3.05) is 31.0 Å². The van der Waals surface area contributed by atoms with E-state index >= 15 is 0 Å². The maximum Gasteiger partial charge on any atom is 0.300 e. The van der Waals surface area contributed by atoms with E-state index in [0.717, 1.165) is 16.8 Å². The lowest BCUT2D eigenvalue weighted by Crippen LogP contribution is -2.29. The SMILES string of the molecule is COc1ccc(/C(O)=C2/C(=O)C(=O)N(c3ccc(C)cc3)C2c2ccc(N(C)C)cc2)cc1. The molecular formula is C27H26N2O4. The zero-order valence-corrected chi connectivity index (χ0v) is 19.1. The molecule has 1 fully saturated rings. The molecule has 33 heavy (non-hydrogen) atoms. The first-order chi connectivity index (χ1) is 15.8. The summed E-state index contributed by atoms with van der Waals surface area (Å²) in [5.74, 6) is -0.976. The Balaban J connectivity index is 1.90. The standard InChI is InChI=1S/C27H26N2O4/c1-17-5-11-21(12-6-17)29-24(18-7-13-20(14-8-18)28(2)3)23(26(31)27(29)32)25(30)19-9-15-22(33-4)16-10-19/h5-16,24,30H,1-4H3/b25-23-. The van der Waals surface area contributed by atoms with Gasteiger partial charge in [0.25, 0.3) is 11.7 Å². The monoisotopic (exact) mass is 442 g/mol. The number of methoxy groups -OCH3 is 1. The van der Waals surface area contributed by atoms with Crippen LogP contribution < -0.4 is 14.5 Å². The van der Waals surface area contributed by atoms with E-state index in [9.17, 15) is 14.7 Å². The van der Waals surface area contributed by atoms with E-state index in [1.807, 2.05) is 74.4 Å². The first-order valence-electron chi connectivity index (χ1n) is 10.6. The second-order valence-electron chi connectivity index (χ2n) is 8.22. The van der Waals surface area contributed by atoms with Crippen LogP contribution in [0.2, 0.25) is 0 Å². The van der Waals surface area contributed by atoms with Gasteiger partial charge >= 0.3 is 0 Å². The Morgan fingerprint density at radius 2 is 1.52 bits per heavy atom. The van der Waals surface area contributed by atoms with Crippen molar-refractivity contribution >= 4 is 28.8 Å². The predicted molar refractivity (Wildman–Crippen MR) is 130 cm³/mol. The van der Waals surface area contributed by atoms with Gasteiger partial charge < -0.3 is 14.7 Å². The fourth-order valence-corrected chi connectivity index (χ4v) is 3.98. The van der Waals surface area contributed by atoms with Gasteiger partial charge in [-0.2, -0.15) is 0 Å². The molecule has 6 heteroatoms. The Morgan fingerprint density at radius 1 is 0.909 bits per heavy atom. The molecule has 1 atom stereocenters. The molecule has 1 N–H and O–H groups in total. The predicted octanol–water partition coefficient (Wildman–Crippen LogP) is 4.70. The van der Waals surface area contributed by atoms with Gasteiger partial charge in [0.05, 0.1) is 18.7 Å². The van der Waals surface area contributed by atoms with Crippen LogP contribution in [-0.2, 0) is 9.59 Å². The number of aliphatic hydroxyl groups excluding tert-OH is 1. The number of rotatable bonds is 5. The molecule has 0 radical (unpaired) electrons. The van der Waals surface area contributed by atoms with E-state index in [4.69, 9.17) is 4.74 Å². The number of benzene rings is 3. The van der Waals surface area contributed by atoms with E-state index in [1.54, 1.807) is 31.4 Å². The highest BCUT2D eigenvalue weighted by atomic mass is 16.5. The maximum absolute atomic E-state index is 13.2. The maximum atomic E-state index is 13.2. The third kappa shape index (κ3) is 4.07. The Hall–Kier alpha value is -4.06. The second-order valence-corrected chi connectivity index (χ2v) is 8.22. The highest BCUT2D eigenvalue weighted by Crippen LogP contribution is 2.42. The third-order valence-corrected chi connectivity index (χ3v) is 5.85. The number of amides is 1. The van der Waals surface area contributed by atoms with Gasteiger partial charge in [-0.05, 0) is 61.0 Å². The number of aryl methyl sites for hydroxylation is 1. The van der Waals surface area contributed by atoms with E-state index in [2.05, 4.69) is 0 Å². The number of carbonyl (C=O) groups excluding carboxylic acids is 2. The highest BCUT2D eigenvalue weighted by Gasteiger charge is 2.46. The number of ether oxygens (including phenoxy) is 1. The summed E-state index contributed by atoms with van der Waals surface area (Å²) in [7, 11) is 5.44. The Bertz CT molecular complexity index is 1210. The van der Waals surface area contributed by atoms with Crippen molar-refractivity contribution in [2.24, 2.45) is 0 Å². The zero-order valence-electron chi connectivity index (χ0n) is 19.1. The van der Waals surface area contributed by atoms with Gasteiger partial charge in [-0.1, -0.05) is 29.8 Å². The van der Waals surface area contributed by atoms with E-state index in [-0.39, 0.29) is 11.3 Å². The van der Waals surface area contributed by atoms with Crippen LogP contribution in [0.25, 0.3) is 5.76 Å². The van der Waals surface area contributed by atoms with Crippen LogP contribution in [0.4, 0.5) is 11.4 Å². The number of hydrogen-bond donors (Lipinski definition) is 1. The zero-order chi connectivity index (χ0) is 23.7. The summed E-state index contributed by atoms with van der Waals surface area (Å²) in [6, 6.07) is 21.0. The molecule has 6 nitrogen and oxygen atoms in total. The van der Waals surface area contributed by atoms with E-state index in [1.165, 1.54) is 4.90 Å². The van der Waals surface area contributed by atoms with Crippen LogP contribution in [0.1, 0.15) is 22.7 Å². The second kappa shape index (κ2) is 8.82. The van der Waals surface area contributed by atoms with Crippen molar-refractivity contribution in [1.29, 1.82) is 0 Å². The molecule has 1 saturated heterocycles. The van der Waals surface area contributed by atoms with Crippen molar-refractivity contribution in [3.05, 3.63) is 95.1 Å². The van der Waals surface area contributed by atoms with Crippen LogP contribution in [0.5, 0.6) is 5.75 Å². The molecular weight excluding hydrogens is 416 g/mol. The minimum absolute atomic E-state index is 0.0587. The lowest BCUT2D eigenvalue weighted by Gasteiger charge is -2.26. The van der Waals surface area contributed by atoms with Gasteiger partial charge in [-0.25, -0.2) is 0 Å². The molecule has 1 amide bonds. The number of carbonyl (C=O) groups is 2. The molecule has 0 bridgehead atoms. The quantitative estimate of drug-likeness (QED) is 0.353. The lowest BCUT2D eigenvalue weighted by atomic mass is 9.95. The molecule has 0 aliphatic carbocycles. The smallest absolute Gasteiger partial charge is 0.300 e. The largest absolute Gasteiger partial charge is 0.507 e. The molecule has 1 aliphatic rings. The molecule has 0 saturated carbocycles. The first kappa shape index (κ1) is 22.1. The van der Waals surface area contributed by atoms with Gasteiger partial charge in [0.15, 0.2) is 0 Å². The van der Waals surface area contributed by atoms with Gasteiger partial charge in [0, 0.05) is 31.0 Å². The fraction of sp³-hybridized carbons (Fsp3) is 0.185. The molecule has 0 aromatic heterocycles. The molecule has 3 aromatic carbocycles. The molecule has 1 heterocycles. The van der Waals surface area contributed by atoms with E-state index in [0.29, 0.717) is 17.0 Å². The number of hydrogen-bond acceptors (Lipinski definition) is 5. The van der Waals surface area contributed by atoms with Crippen LogP contribution in [0.15, 0.2) is 78.4 Å². The molecule has 4 rings (SSSR count). The van der Waals surface area contributed by atoms with Gasteiger partial charge in [0.1, 0.15) is 11.5 Å². The van der Waals surface area contributed by atoms with Gasteiger partial charge in [-0.3, -0.25) is 14.5 Å². The highest BCUT2D eigenvalue weighted by molar-refractivity contribution is 6.51. The first-order valence-corrected chi connectivity index (χ1v) is 10.6. The van der Waals surface area contributed by atoms with E-state index < -0.39 is 17.7 Å². The lowest BCUT2D eigenvalue weighted by molar-refractivity contribution is -0.132. The van der Waals surface area contributed by atoms with Gasteiger partial charge in [0.2, 0.25) is 0 Å². The van der Waals surface area contributed by atoms with Crippen LogP contribution >= 0.6 is 0 Å². The van der Waals surface area contributed by atoms with Crippen molar-refractivity contribution in [1.82, 2.24) is 0 Å². The number of anilines is 2. The molecule has 168 valence electrons. The molecule has 3 aromatic rings. The van der Waals surface area contributed by atoms with Crippen LogP contribution in [0, 0.1) is 6.92 Å². The third-order valence-electron chi connectivity index (χ3n) is 5.85. The van der Waals surface area contributed by atoms with Crippen molar-refractivity contribution in [2.45, 2.75) is 13.0 Å². The number of nitrogens with zero attached hydrogens (tertiary/aromatic N) is 2. The summed E-state index contributed by atoms with van der Waals surface area (Å²) < 4.78 is 5.19. The molecule has 0 spiro atoms. The Morgan fingerprint density at radius 3 is 2.06 bits per heavy atom. The van der Waals surface area contributed by atoms with Crippen molar-refractivity contribution in [3.63, 3.8) is 0 Å². The summed E-state index contributed by atoms with van der Waals surface area (Å²) in [6.45, 7) is 1.96. The van der Waals surface area contributed by atoms with Crippen LogP contribution in [-0.4, -0.2) is 38.0 Å². The summed E-state index contributed by atoms with van der Waals surface area (Å²) in [4.78, 5) is 29.8. The summed E-state index contributed by atoms with van der Waals surface area (Å²) in [5.41, 5.74) is 3.85. The van der Waals surface area contributed by atoms with Crippen molar-refractivity contribution in [3.8, 4) is 5.75 Å². The number of ketones is 1. The van der Waals surface area contributed by atoms with Crippen LogP contribution in [0.3, 0.4) is 0 Å². The summed E-state index contributed by atoms with van der Waals surface area (Å²) in [6.07, 6.45) is 0. The minimum Gasteiger partial charge on any atom is -0.507 e. The number of Topliss-reactive ketones (excluding diaryl/α,β-unsaturated/α-hetero) is 1. The summed E-state index contributed by atoms with van der Waals surface area (Å²) >= 11 is 0. The van der Waals surface area contributed by atoms with Gasteiger partial charge in [-0.15, -0.1) is 0 Å². The minimum atomic E-state index is -0.758. The average Bonchev–Trinajstić information content (AvgIpc) is 3.09.